The van der Waals surface area contributed by atoms with Gasteiger partial charge in [0.25, 0.3) is 5.56 Å². The molecular formula is C25H25N5O2S. The first-order chi connectivity index (χ1) is 16.1. The third-order valence-corrected chi connectivity index (χ3v) is 6.90. The molecule has 0 aromatic heterocycles. The maximum atomic E-state index is 13.3. The van der Waals surface area contributed by atoms with Crippen LogP contribution in [-0.2, 0) is 17.8 Å². The molecular weight excluding hydrogens is 434 g/mol. The van der Waals surface area contributed by atoms with Crippen molar-refractivity contribution in [3.63, 3.8) is 0 Å². The number of carbonyl (C=O) groups is 1. The van der Waals surface area contributed by atoms with Crippen LogP contribution in [0.1, 0.15) is 30.5 Å². The molecule has 0 spiro atoms. The molecule has 33 heavy (non-hydrogen) atoms. The van der Waals surface area contributed by atoms with E-state index in [1.807, 2.05) is 61.5 Å². The average Bonchev–Trinajstić information content (AvgIpc) is 2.99. The summed E-state index contributed by atoms with van der Waals surface area (Å²) in [5, 5.41) is 8.27. The van der Waals surface area contributed by atoms with E-state index in [0.29, 0.717) is 11.4 Å². The monoisotopic (exact) mass is 459 g/mol. The molecule has 3 heterocycles. The van der Waals surface area contributed by atoms with Gasteiger partial charge in [-0.05, 0) is 49.9 Å². The summed E-state index contributed by atoms with van der Waals surface area (Å²) >= 11 is 1.39. The molecule has 3 aliphatic heterocycles. The second-order valence-corrected chi connectivity index (χ2v) is 9.15. The van der Waals surface area contributed by atoms with Crippen LogP contribution < -0.4 is 10.9 Å². The van der Waals surface area contributed by atoms with Crippen molar-refractivity contribution in [2.75, 3.05) is 11.1 Å². The number of hydrogen-bond acceptors (Lipinski definition) is 5. The van der Waals surface area contributed by atoms with Gasteiger partial charge in [-0.15, -0.1) is 5.10 Å². The molecule has 1 N–H and O–H groups in total. The maximum Gasteiger partial charge on any atom is 0.284 e. The lowest BCUT2D eigenvalue weighted by Gasteiger charge is -2.17. The van der Waals surface area contributed by atoms with E-state index >= 15 is 0 Å². The van der Waals surface area contributed by atoms with Gasteiger partial charge in [-0.3, -0.25) is 9.59 Å². The molecule has 3 aliphatic rings. The Balaban J connectivity index is 1.49. The van der Waals surface area contributed by atoms with Gasteiger partial charge >= 0.3 is 0 Å². The van der Waals surface area contributed by atoms with Crippen molar-refractivity contribution in [2.24, 2.45) is 0 Å². The number of amides is 1. The van der Waals surface area contributed by atoms with E-state index in [0.717, 1.165) is 60.0 Å². The molecule has 0 atom stereocenters. The average molecular weight is 460 g/mol. The summed E-state index contributed by atoms with van der Waals surface area (Å²) in [7, 11) is 0. The summed E-state index contributed by atoms with van der Waals surface area (Å²) < 4.78 is 3.56. The number of nitrogens with one attached hydrogen (secondary N) is 1. The van der Waals surface area contributed by atoms with Crippen LogP contribution in [0.2, 0.25) is 0 Å². The first kappa shape index (κ1) is 21.5. The summed E-state index contributed by atoms with van der Waals surface area (Å²) in [4.78, 5) is 30.7. The molecule has 0 bridgehead atoms. The molecule has 1 amide bonds. The number of rotatable bonds is 5. The molecule has 0 saturated carbocycles. The van der Waals surface area contributed by atoms with Crippen LogP contribution in [0, 0.1) is 6.92 Å². The van der Waals surface area contributed by atoms with Gasteiger partial charge in [0, 0.05) is 17.9 Å². The molecule has 8 heteroatoms. The minimum atomic E-state index is -0.136. The maximum absolute atomic E-state index is 13.3. The highest BCUT2D eigenvalue weighted by Gasteiger charge is 2.27. The summed E-state index contributed by atoms with van der Waals surface area (Å²) in [6.45, 7) is 2.76. The summed E-state index contributed by atoms with van der Waals surface area (Å²) in [5.74, 6) is 0.591. The summed E-state index contributed by atoms with van der Waals surface area (Å²) in [5.41, 5.74) is 3.99. The number of aryl methyl sites for hydroxylation is 1. The second-order valence-electron chi connectivity index (χ2n) is 8.21. The van der Waals surface area contributed by atoms with Crippen LogP contribution >= 0.6 is 11.8 Å². The lowest BCUT2D eigenvalue weighted by Crippen LogP contribution is -2.20. The molecule has 5 rings (SSSR count). The van der Waals surface area contributed by atoms with Gasteiger partial charge in [-0.1, -0.05) is 54.6 Å². The van der Waals surface area contributed by atoms with Crippen molar-refractivity contribution >= 4 is 23.4 Å². The van der Waals surface area contributed by atoms with Gasteiger partial charge in [0.2, 0.25) is 5.91 Å². The fourth-order valence-electron chi connectivity index (χ4n) is 4.24. The Kier molecular flexibility index (Phi) is 6.00. The van der Waals surface area contributed by atoms with Crippen molar-refractivity contribution in [3.05, 3.63) is 76.2 Å². The highest BCUT2D eigenvalue weighted by Crippen LogP contribution is 2.30. The third-order valence-electron chi connectivity index (χ3n) is 5.92. The fraction of sp³-hybridized carbons (Fsp3) is 0.280. The van der Waals surface area contributed by atoms with Crippen LogP contribution in [-0.4, -0.2) is 31.0 Å². The Morgan fingerprint density at radius 3 is 2.67 bits per heavy atom. The van der Waals surface area contributed by atoms with Gasteiger partial charge in [0.15, 0.2) is 11.0 Å². The summed E-state index contributed by atoms with van der Waals surface area (Å²) in [6.07, 6.45) is 3.95. The minimum Gasteiger partial charge on any atom is -0.325 e. The molecule has 0 radical (unpaired) electrons. The van der Waals surface area contributed by atoms with E-state index in [1.165, 1.54) is 16.4 Å². The van der Waals surface area contributed by atoms with Gasteiger partial charge in [0.1, 0.15) is 5.56 Å². The molecule has 2 aromatic carbocycles. The number of nitrogens with zero attached hydrogens (tertiary/aromatic N) is 4. The van der Waals surface area contributed by atoms with Crippen molar-refractivity contribution < 1.29 is 4.79 Å². The highest BCUT2D eigenvalue weighted by molar-refractivity contribution is 7.99. The van der Waals surface area contributed by atoms with Gasteiger partial charge in [-0.2, -0.15) is 4.68 Å². The molecule has 2 aromatic rings. The standard InChI is InChI=1S/C25H25N5O2S/c1-17-10-7-8-13-19(17)26-21(31)16-33-25-27-23-22(20-14-6-3-9-15-29(20)25)24(32)30(28-23)18-11-4-2-5-12-18/h2,4-5,7-8,10-13H,3,6,9,14-16H2,1H3,(H,26,31). The van der Waals surface area contributed by atoms with Crippen molar-refractivity contribution in [3.8, 4) is 17.1 Å². The van der Waals surface area contributed by atoms with Crippen LogP contribution in [0.5, 0.6) is 0 Å². The van der Waals surface area contributed by atoms with E-state index < -0.39 is 0 Å². The van der Waals surface area contributed by atoms with E-state index in [4.69, 9.17) is 4.98 Å². The lowest BCUT2D eigenvalue weighted by atomic mass is 10.1. The Hall–Kier alpha value is -3.39. The molecule has 0 fully saturated rings. The zero-order valence-corrected chi connectivity index (χ0v) is 19.3. The number of hydrogen-bond donors (Lipinski definition) is 1. The number of para-hydroxylation sites is 2. The predicted molar refractivity (Wildman–Crippen MR) is 130 cm³/mol. The van der Waals surface area contributed by atoms with Gasteiger partial charge in [-0.25, -0.2) is 4.98 Å². The quantitative estimate of drug-likeness (QED) is 0.355. The Bertz CT molecular complexity index is 1330. The topological polar surface area (TPSA) is 81.8 Å². The van der Waals surface area contributed by atoms with E-state index in [1.54, 1.807) is 0 Å². The number of aromatic nitrogens is 4. The predicted octanol–water partition coefficient (Wildman–Crippen LogP) is 4.30. The smallest absolute Gasteiger partial charge is 0.284 e. The van der Waals surface area contributed by atoms with Crippen LogP contribution in [0.4, 0.5) is 5.69 Å². The Morgan fingerprint density at radius 1 is 1.06 bits per heavy atom. The van der Waals surface area contributed by atoms with Crippen LogP contribution in [0.15, 0.2) is 64.5 Å². The molecule has 7 nitrogen and oxygen atoms in total. The third kappa shape index (κ3) is 4.30. The highest BCUT2D eigenvalue weighted by atomic mass is 32.2. The van der Waals surface area contributed by atoms with Crippen molar-refractivity contribution in [1.29, 1.82) is 0 Å². The van der Waals surface area contributed by atoms with E-state index in [2.05, 4.69) is 15.0 Å². The molecule has 0 unspecified atom stereocenters. The largest absolute Gasteiger partial charge is 0.325 e. The zero-order valence-electron chi connectivity index (χ0n) is 18.5. The normalized spacial score (nSPS) is 13.5. The van der Waals surface area contributed by atoms with Crippen LogP contribution in [0.3, 0.4) is 0 Å². The van der Waals surface area contributed by atoms with Crippen LogP contribution in [0.25, 0.3) is 17.1 Å². The Labute approximate surface area is 196 Å². The number of anilines is 1. The van der Waals surface area contributed by atoms with Gasteiger partial charge in [0.05, 0.1) is 11.4 Å². The van der Waals surface area contributed by atoms with E-state index in [9.17, 15) is 9.59 Å². The van der Waals surface area contributed by atoms with E-state index in [-0.39, 0.29) is 17.2 Å². The number of thioether (sulfide) groups is 1. The number of fused-ring (bicyclic) bond motifs is 3. The SMILES string of the molecule is Cc1ccccc1NC(=O)CSc1nc2nn(-c3ccccc3)c(=O)c-2c2n1CCCCC2. The summed E-state index contributed by atoms with van der Waals surface area (Å²) in [6, 6.07) is 17.1. The number of benzene rings is 2. The first-order valence-electron chi connectivity index (χ1n) is 11.2. The fourth-order valence-corrected chi connectivity index (χ4v) is 5.08. The van der Waals surface area contributed by atoms with Crippen molar-refractivity contribution in [1.82, 2.24) is 19.3 Å². The Morgan fingerprint density at radius 2 is 1.85 bits per heavy atom. The first-order valence-corrected chi connectivity index (χ1v) is 12.2. The lowest BCUT2D eigenvalue weighted by molar-refractivity contribution is -0.113. The number of carbonyl (C=O) groups excluding carboxylic acids is 1. The van der Waals surface area contributed by atoms with Crippen molar-refractivity contribution in [2.45, 2.75) is 44.3 Å². The van der Waals surface area contributed by atoms with Gasteiger partial charge < -0.3 is 9.88 Å². The minimum absolute atomic E-state index is 0.0847. The molecule has 0 saturated heterocycles. The zero-order chi connectivity index (χ0) is 22.8. The second kappa shape index (κ2) is 9.23. The molecule has 0 aliphatic carbocycles. The molecule has 168 valence electrons.